The van der Waals surface area contributed by atoms with Gasteiger partial charge in [0.25, 0.3) is 5.97 Å². The Hall–Kier alpha value is -5.15. The molecule has 3 aromatic rings. The van der Waals surface area contributed by atoms with Gasteiger partial charge in [-0.1, -0.05) is 12.1 Å². The number of aliphatic hydroxyl groups is 1. The third kappa shape index (κ3) is 12.1. The lowest BCUT2D eigenvalue weighted by atomic mass is 10.0. The highest BCUT2D eigenvalue weighted by atomic mass is 19.1. The fourth-order valence-electron chi connectivity index (χ4n) is 3.30. The number of amides is 1. The Balaban J connectivity index is 0.00000142. The Morgan fingerprint density at radius 1 is 1.23 bits per heavy atom. The molecule has 43 heavy (non-hydrogen) atoms. The van der Waals surface area contributed by atoms with Crippen molar-refractivity contribution in [2.75, 3.05) is 44.7 Å². The van der Waals surface area contributed by atoms with Crippen molar-refractivity contribution in [1.82, 2.24) is 15.3 Å². The van der Waals surface area contributed by atoms with Crippen molar-refractivity contribution in [3.05, 3.63) is 71.8 Å². The lowest BCUT2D eigenvalue weighted by Crippen LogP contribution is -2.36. The van der Waals surface area contributed by atoms with Crippen LogP contribution < -0.4 is 30.8 Å². The van der Waals surface area contributed by atoms with Gasteiger partial charge in [0, 0.05) is 62.9 Å². The summed E-state index contributed by atoms with van der Waals surface area (Å²) in [7, 11) is 4.52. The second-order valence-corrected chi connectivity index (χ2v) is 8.14. The first-order chi connectivity index (χ1) is 20.7. The molecular weight excluding hydrogens is 563 g/mol. The van der Waals surface area contributed by atoms with Crippen molar-refractivity contribution in [2.45, 2.75) is 19.4 Å². The van der Waals surface area contributed by atoms with Gasteiger partial charge in [0.15, 0.2) is 17.4 Å². The number of nitrogens with one attached hydrogen (secondary N) is 3. The van der Waals surface area contributed by atoms with Crippen LogP contribution in [-0.2, 0) is 9.59 Å². The predicted octanol–water partition coefficient (Wildman–Crippen LogP) is 2.40. The number of halogens is 1. The van der Waals surface area contributed by atoms with Crippen molar-refractivity contribution >= 4 is 36.1 Å². The van der Waals surface area contributed by atoms with Crippen molar-refractivity contribution in [3.63, 3.8) is 0 Å². The second kappa shape index (κ2) is 19.8. The van der Waals surface area contributed by atoms with Crippen LogP contribution in [0.3, 0.4) is 0 Å². The van der Waals surface area contributed by atoms with E-state index in [1.165, 1.54) is 37.5 Å². The number of benzene rings is 2. The number of methoxy groups -OCH3 is 1. The summed E-state index contributed by atoms with van der Waals surface area (Å²) in [5.41, 5.74) is 5.82. The van der Waals surface area contributed by atoms with Crippen LogP contribution in [0.2, 0.25) is 0 Å². The molecule has 14 nitrogen and oxygen atoms in total. The van der Waals surface area contributed by atoms with Gasteiger partial charge in [-0.15, -0.1) is 0 Å². The second-order valence-electron chi connectivity index (χ2n) is 8.14. The van der Waals surface area contributed by atoms with E-state index in [1.54, 1.807) is 49.8 Å². The monoisotopic (exact) mass is 600 g/mol. The molecule has 1 amide bonds. The quantitative estimate of drug-likeness (QED) is 0.0552. The molecule has 7 N–H and O–H groups in total. The molecule has 3 rings (SSSR count). The van der Waals surface area contributed by atoms with Crippen LogP contribution in [0.15, 0.2) is 60.0 Å². The van der Waals surface area contributed by atoms with Gasteiger partial charge in [0.1, 0.15) is 11.8 Å². The first kappa shape index (κ1) is 35.9. The molecular formula is C28H37FN8O6. The number of carbonyl (C=O) groups excluding carboxylic acids is 1. The number of ether oxygens (including phenoxy) is 2. The number of hydrazone groups is 1. The fourth-order valence-corrected chi connectivity index (χ4v) is 3.30. The largest absolute Gasteiger partial charge is 0.497 e. The molecule has 0 saturated heterocycles. The number of hydrogen-bond donors (Lipinski definition) is 6. The van der Waals surface area contributed by atoms with E-state index in [2.05, 4.69) is 31.4 Å². The van der Waals surface area contributed by atoms with E-state index in [9.17, 15) is 4.79 Å². The standard InChI is InChI=1S/C25H28FN7O4.C2H4O2.CH5N/c1-33(25-28-9-3-10-29-25)32-24(30-16-35)23(31-18-7-5-17(15-27)6-8-18)20-13-19(36-2)14-21(22(20)26)37-12-4-11-34;1-2(3)4;1-2/h3,5-10,13-16,23,27,31,34H,4,11-12H2,1-2H3,(H,30,32,35);1H3,(H,3,4);2H2,1H3. The molecule has 1 aromatic heterocycles. The summed E-state index contributed by atoms with van der Waals surface area (Å²) in [6.45, 7) is 1.06. The maximum Gasteiger partial charge on any atom is 0.300 e. The topological polar surface area (TPSA) is 208 Å². The molecule has 232 valence electrons. The molecule has 0 radical (unpaired) electrons. The van der Waals surface area contributed by atoms with E-state index in [0.29, 0.717) is 29.8 Å². The van der Waals surface area contributed by atoms with Crippen molar-refractivity contribution in [2.24, 2.45) is 10.8 Å². The van der Waals surface area contributed by atoms with Crippen LogP contribution in [0, 0.1) is 11.2 Å². The average Bonchev–Trinajstić information content (AvgIpc) is 3.02. The zero-order valence-electron chi connectivity index (χ0n) is 24.3. The Labute approximate surface area is 248 Å². The van der Waals surface area contributed by atoms with E-state index < -0.39 is 17.8 Å². The summed E-state index contributed by atoms with van der Waals surface area (Å²) in [5, 5.41) is 35.4. The summed E-state index contributed by atoms with van der Waals surface area (Å²) in [6.07, 6.45) is 5.03. The number of aliphatic hydroxyl groups excluding tert-OH is 1. The predicted molar refractivity (Wildman–Crippen MR) is 161 cm³/mol. The molecule has 1 unspecified atom stereocenters. The molecule has 15 heteroatoms. The number of amidine groups is 1. The molecule has 0 saturated carbocycles. The minimum Gasteiger partial charge on any atom is -0.497 e. The van der Waals surface area contributed by atoms with Crippen molar-refractivity contribution in [3.8, 4) is 11.5 Å². The zero-order valence-corrected chi connectivity index (χ0v) is 24.3. The molecule has 1 atom stereocenters. The summed E-state index contributed by atoms with van der Waals surface area (Å²) >= 11 is 0. The third-order valence-corrected chi connectivity index (χ3v) is 5.12. The number of carboxylic acids is 1. The number of aliphatic carboxylic acids is 1. The normalized spacial score (nSPS) is 10.9. The molecule has 0 spiro atoms. The number of nitrogens with two attached hydrogens (primary N) is 1. The van der Waals surface area contributed by atoms with Gasteiger partial charge in [-0.25, -0.2) is 19.4 Å². The highest BCUT2D eigenvalue weighted by Crippen LogP contribution is 2.33. The first-order valence-electron chi connectivity index (χ1n) is 12.8. The summed E-state index contributed by atoms with van der Waals surface area (Å²) in [6, 6.07) is 10.4. The Morgan fingerprint density at radius 3 is 2.40 bits per heavy atom. The summed E-state index contributed by atoms with van der Waals surface area (Å²) in [4.78, 5) is 28.9. The number of rotatable bonds is 13. The SMILES string of the molecule is CC(=O)O.CN.COc1cc(OCCCO)c(F)c(C(Nc2ccc(C=N)cc2)/C(=N/N(C)c2ncccn2)NC=O)c1. The number of carbonyl (C=O) groups is 2. The fraction of sp³-hybridized carbons (Fsp3) is 0.286. The molecule has 0 aliphatic rings. The molecule has 0 aliphatic heterocycles. The van der Waals surface area contributed by atoms with E-state index in [1.807, 2.05) is 0 Å². The van der Waals surface area contributed by atoms with E-state index in [-0.39, 0.29) is 36.3 Å². The van der Waals surface area contributed by atoms with Gasteiger partial charge in [-0.3, -0.25) is 9.59 Å². The Morgan fingerprint density at radius 2 is 1.86 bits per heavy atom. The van der Waals surface area contributed by atoms with Crippen LogP contribution in [0.4, 0.5) is 16.0 Å². The Bertz CT molecular complexity index is 1310. The molecule has 0 bridgehead atoms. The van der Waals surface area contributed by atoms with Crippen molar-refractivity contribution in [1.29, 1.82) is 5.41 Å². The highest BCUT2D eigenvalue weighted by molar-refractivity contribution is 5.97. The maximum atomic E-state index is 15.8. The molecule has 2 aromatic carbocycles. The maximum absolute atomic E-state index is 15.8. The molecule has 1 heterocycles. The van der Waals surface area contributed by atoms with Gasteiger partial charge >= 0.3 is 0 Å². The van der Waals surface area contributed by atoms with E-state index >= 15 is 4.39 Å². The number of aromatic nitrogens is 2. The van der Waals surface area contributed by atoms with Crippen LogP contribution in [-0.4, -0.2) is 79.0 Å². The van der Waals surface area contributed by atoms with Crippen LogP contribution in [0.5, 0.6) is 11.5 Å². The van der Waals surface area contributed by atoms with E-state index in [0.717, 1.165) is 6.92 Å². The van der Waals surface area contributed by atoms with Crippen LogP contribution in [0.25, 0.3) is 0 Å². The third-order valence-electron chi connectivity index (χ3n) is 5.12. The van der Waals surface area contributed by atoms with Gasteiger partial charge in [-0.05, 0) is 36.9 Å². The summed E-state index contributed by atoms with van der Waals surface area (Å²) in [5.74, 6) is -1.02. The number of carboxylic acid groups (broad SMARTS) is 1. The smallest absolute Gasteiger partial charge is 0.300 e. The summed E-state index contributed by atoms with van der Waals surface area (Å²) < 4.78 is 26.7. The van der Waals surface area contributed by atoms with Gasteiger partial charge in [0.2, 0.25) is 12.4 Å². The van der Waals surface area contributed by atoms with E-state index in [4.69, 9.17) is 29.9 Å². The van der Waals surface area contributed by atoms with Gasteiger partial charge < -0.3 is 41.5 Å². The number of anilines is 2. The minimum atomic E-state index is -1.03. The van der Waals surface area contributed by atoms with Crippen LogP contribution >= 0.6 is 0 Å². The highest BCUT2D eigenvalue weighted by Gasteiger charge is 2.27. The lowest BCUT2D eigenvalue weighted by Gasteiger charge is -2.25. The minimum absolute atomic E-state index is 0.0366. The van der Waals surface area contributed by atoms with Crippen LogP contribution in [0.1, 0.15) is 30.5 Å². The number of nitrogens with zero attached hydrogens (tertiary/aromatic N) is 4. The Kier molecular flexibility index (Phi) is 16.6. The molecule has 0 fully saturated rings. The van der Waals surface area contributed by atoms with Crippen molar-refractivity contribution < 1.29 is 33.7 Å². The van der Waals surface area contributed by atoms with Gasteiger partial charge in [-0.2, -0.15) is 5.10 Å². The van der Waals surface area contributed by atoms with Gasteiger partial charge in [0.05, 0.1) is 13.7 Å². The zero-order chi connectivity index (χ0) is 32.2. The average molecular weight is 601 g/mol. The lowest BCUT2D eigenvalue weighted by molar-refractivity contribution is -0.134. The first-order valence-corrected chi connectivity index (χ1v) is 12.8. The molecule has 0 aliphatic carbocycles. The number of hydrogen-bond acceptors (Lipinski definition) is 12.